The van der Waals surface area contributed by atoms with Crippen LogP contribution in [0.2, 0.25) is 0 Å². The van der Waals surface area contributed by atoms with Crippen molar-refractivity contribution in [3.8, 4) is 0 Å². The molecule has 0 aromatic heterocycles. The van der Waals surface area contributed by atoms with Gasteiger partial charge in [0.25, 0.3) is 0 Å². The number of allylic oxidation sites excluding steroid dienone is 6. The molecule has 0 heterocycles. The first-order valence-electron chi connectivity index (χ1n) is 8.18. The van der Waals surface area contributed by atoms with E-state index in [2.05, 4.69) is 36.4 Å². The Morgan fingerprint density at radius 1 is 0.792 bits per heavy atom. The predicted octanol–water partition coefficient (Wildman–Crippen LogP) is 5.47. The van der Waals surface area contributed by atoms with Crippen LogP contribution >= 0.6 is 0 Å². The number of benzene rings is 2. The molecule has 0 spiro atoms. The van der Waals surface area contributed by atoms with Gasteiger partial charge in [0.05, 0.1) is 0 Å². The zero-order valence-corrected chi connectivity index (χ0v) is 13.8. The second kappa shape index (κ2) is 5.61. The number of carbonyl (C=O) groups is 1. The Morgan fingerprint density at radius 2 is 1.50 bits per heavy atom. The third kappa shape index (κ3) is 2.21. The highest BCUT2D eigenvalue weighted by molar-refractivity contribution is 6.27. The first kappa shape index (κ1) is 14.6. The number of hydrogen-bond acceptors (Lipinski definition) is 1. The zero-order chi connectivity index (χ0) is 16.7. The fourth-order valence-corrected chi connectivity index (χ4v) is 3.41. The van der Waals surface area contributed by atoms with Gasteiger partial charge in [-0.25, -0.2) is 0 Å². The van der Waals surface area contributed by atoms with Gasteiger partial charge in [-0.05, 0) is 47.8 Å². The van der Waals surface area contributed by atoms with Gasteiger partial charge in [0.2, 0.25) is 0 Å². The number of rotatable bonds is 2. The van der Waals surface area contributed by atoms with Gasteiger partial charge in [0, 0.05) is 16.7 Å². The van der Waals surface area contributed by atoms with Gasteiger partial charge in [-0.3, -0.25) is 4.79 Å². The molecule has 2 aromatic rings. The lowest BCUT2D eigenvalue weighted by atomic mass is 9.82. The van der Waals surface area contributed by atoms with E-state index in [1.54, 1.807) is 0 Å². The molecule has 0 radical (unpaired) electrons. The number of Topliss-reactive ketones (excluding diaryl/α,β-unsaturated/α-hetero) is 1. The average Bonchev–Trinajstić information content (AvgIpc) is 3.00. The van der Waals surface area contributed by atoms with E-state index in [1.165, 1.54) is 0 Å². The minimum absolute atomic E-state index is 0.149. The van der Waals surface area contributed by atoms with Crippen LogP contribution in [0.1, 0.15) is 30.5 Å². The molecule has 0 amide bonds. The van der Waals surface area contributed by atoms with Crippen LogP contribution in [0.5, 0.6) is 0 Å². The van der Waals surface area contributed by atoms with Crippen LogP contribution in [-0.4, -0.2) is 5.78 Å². The molecule has 0 unspecified atom stereocenters. The summed E-state index contributed by atoms with van der Waals surface area (Å²) < 4.78 is 0. The standard InChI is InChI=1S/C23H18O/c1-15-16(2)23(24)21-14-18-10-6-7-11-20(18)22(21)19(15)13-12-17-8-4-3-5-9-17/h3-14H,1-2H3. The predicted molar refractivity (Wildman–Crippen MR) is 100 cm³/mol. The lowest BCUT2D eigenvalue weighted by Crippen LogP contribution is -2.13. The Morgan fingerprint density at radius 3 is 2.29 bits per heavy atom. The first-order chi connectivity index (χ1) is 11.7. The van der Waals surface area contributed by atoms with Gasteiger partial charge in [0.1, 0.15) is 0 Å². The summed E-state index contributed by atoms with van der Waals surface area (Å²) in [6.45, 7) is 3.97. The van der Waals surface area contributed by atoms with Crippen molar-refractivity contribution in [3.05, 3.63) is 99.7 Å². The SMILES string of the molecule is CC1=C(C)C(C=Cc2ccccc2)=C2C(=Cc3ccccc32)C1=O. The maximum atomic E-state index is 12.7. The van der Waals surface area contributed by atoms with Crippen LogP contribution in [0.25, 0.3) is 17.7 Å². The van der Waals surface area contributed by atoms with E-state index in [1.807, 2.05) is 50.3 Å². The fourth-order valence-electron chi connectivity index (χ4n) is 3.41. The van der Waals surface area contributed by atoms with Crippen molar-refractivity contribution in [2.24, 2.45) is 0 Å². The van der Waals surface area contributed by atoms with Crippen LogP contribution in [0.15, 0.2) is 83.0 Å². The average molecular weight is 310 g/mol. The topological polar surface area (TPSA) is 17.1 Å². The fraction of sp³-hybridized carbons (Fsp3) is 0.0870. The third-order valence-electron chi connectivity index (χ3n) is 4.86. The highest BCUT2D eigenvalue weighted by Crippen LogP contribution is 2.44. The normalized spacial score (nSPS) is 16.6. The van der Waals surface area contributed by atoms with Crippen LogP contribution < -0.4 is 0 Å². The van der Waals surface area contributed by atoms with Crippen LogP contribution in [0.3, 0.4) is 0 Å². The van der Waals surface area contributed by atoms with Crippen molar-refractivity contribution in [2.75, 3.05) is 0 Å². The van der Waals surface area contributed by atoms with Crippen molar-refractivity contribution in [3.63, 3.8) is 0 Å². The van der Waals surface area contributed by atoms with Crippen molar-refractivity contribution in [1.29, 1.82) is 0 Å². The number of hydrogen-bond donors (Lipinski definition) is 0. The van der Waals surface area contributed by atoms with Gasteiger partial charge in [-0.15, -0.1) is 0 Å². The minimum atomic E-state index is 0.149. The maximum absolute atomic E-state index is 12.7. The molecule has 2 aliphatic rings. The summed E-state index contributed by atoms with van der Waals surface area (Å²) in [5.41, 5.74) is 8.39. The molecule has 2 aliphatic carbocycles. The summed E-state index contributed by atoms with van der Waals surface area (Å²) in [6, 6.07) is 18.5. The van der Waals surface area contributed by atoms with Crippen molar-refractivity contribution < 1.29 is 4.79 Å². The van der Waals surface area contributed by atoms with Crippen LogP contribution in [0, 0.1) is 0 Å². The van der Waals surface area contributed by atoms with Crippen molar-refractivity contribution >= 4 is 23.5 Å². The lowest BCUT2D eigenvalue weighted by molar-refractivity contribution is -0.111. The monoisotopic (exact) mass is 310 g/mol. The van der Waals surface area contributed by atoms with Crippen LogP contribution in [-0.2, 0) is 4.79 Å². The van der Waals surface area contributed by atoms with Gasteiger partial charge < -0.3 is 0 Å². The molecular formula is C23H18O. The molecule has 0 saturated carbocycles. The van der Waals surface area contributed by atoms with E-state index >= 15 is 0 Å². The second-order valence-corrected chi connectivity index (χ2v) is 6.26. The number of fused-ring (bicyclic) bond motifs is 3. The zero-order valence-electron chi connectivity index (χ0n) is 13.8. The molecule has 0 bridgehead atoms. The first-order valence-corrected chi connectivity index (χ1v) is 8.18. The van der Waals surface area contributed by atoms with E-state index in [9.17, 15) is 4.79 Å². The van der Waals surface area contributed by atoms with Crippen molar-refractivity contribution in [1.82, 2.24) is 0 Å². The second-order valence-electron chi connectivity index (χ2n) is 6.26. The molecule has 1 heteroatoms. The lowest BCUT2D eigenvalue weighted by Gasteiger charge is -2.20. The van der Waals surface area contributed by atoms with Gasteiger partial charge in [0.15, 0.2) is 5.78 Å². The molecule has 24 heavy (non-hydrogen) atoms. The smallest absolute Gasteiger partial charge is 0.189 e. The van der Waals surface area contributed by atoms with E-state index < -0.39 is 0 Å². The Balaban J connectivity index is 1.92. The Bertz CT molecular complexity index is 966. The molecular weight excluding hydrogens is 292 g/mol. The molecule has 2 aromatic carbocycles. The highest BCUT2D eigenvalue weighted by Gasteiger charge is 2.31. The summed E-state index contributed by atoms with van der Waals surface area (Å²) >= 11 is 0. The number of carbonyl (C=O) groups excluding carboxylic acids is 1. The Labute approximate surface area is 142 Å². The highest BCUT2D eigenvalue weighted by atomic mass is 16.1. The largest absolute Gasteiger partial charge is 0.289 e. The molecule has 4 rings (SSSR count). The number of ketones is 1. The molecule has 0 N–H and O–H groups in total. The summed E-state index contributed by atoms with van der Waals surface area (Å²) in [5, 5.41) is 0. The van der Waals surface area contributed by atoms with E-state index in [0.29, 0.717) is 0 Å². The summed E-state index contributed by atoms with van der Waals surface area (Å²) in [5.74, 6) is 0.149. The molecule has 0 fully saturated rings. The summed E-state index contributed by atoms with van der Waals surface area (Å²) in [4.78, 5) is 12.7. The van der Waals surface area contributed by atoms with Gasteiger partial charge in [-0.2, -0.15) is 0 Å². The van der Waals surface area contributed by atoms with Gasteiger partial charge >= 0.3 is 0 Å². The van der Waals surface area contributed by atoms with Crippen LogP contribution in [0.4, 0.5) is 0 Å². The maximum Gasteiger partial charge on any atom is 0.189 e. The summed E-state index contributed by atoms with van der Waals surface area (Å²) in [7, 11) is 0. The van der Waals surface area contributed by atoms with E-state index in [4.69, 9.17) is 0 Å². The third-order valence-corrected chi connectivity index (χ3v) is 4.86. The minimum Gasteiger partial charge on any atom is -0.289 e. The van der Waals surface area contributed by atoms with E-state index in [-0.39, 0.29) is 5.78 Å². The van der Waals surface area contributed by atoms with Gasteiger partial charge in [-0.1, -0.05) is 66.7 Å². The molecule has 0 aliphatic heterocycles. The molecule has 116 valence electrons. The molecule has 1 nitrogen and oxygen atoms in total. The molecule has 0 saturated heterocycles. The summed E-state index contributed by atoms with van der Waals surface area (Å²) in [6.07, 6.45) is 6.29. The molecule has 0 atom stereocenters. The Kier molecular flexibility index (Phi) is 3.42. The quantitative estimate of drug-likeness (QED) is 0.719. The van der Waals surface area contributed by atoms with Crippen molar-refractivity contribution in [2.45, 2.75) is 13.8 Å². The van der Waals surface area contributed by atoms with E-state index in [0.717, 1.165) is 44.6 Å². The Hall–Kier alpha value is -2.93.